The van der Waals surface area contributed by atoms with E-state index in [1.54, 1.807) is 11.8 Å². The summed E-state index contributed by atoms with van der Waals surface area (Å²) in [6, 6.07) is 0. The monoisotopic (exact) mass is 323 g/mol. The molecule has 0 bridgehead atoms. The van der Waals surface area contributed by atoms with E-state index in [1.807, 2.05) is 6.92 Å². The zero-order chi connectivity index (χ0) is 15.2. The standard InChI is InChI=1S/C15H24F3NOS/c1-2-9(20)7-8-3-4-11-12(8)13-10(15(16,17)18)5-6-19-14(13)21-11/h8-14,19-20H,2-7H2,1H3/t8-,9?,10?,11?,12?,13?,14?/m1/s1. The van der Waals surface area contributed by atoms with Crippen LogP contribution in [0.2, 0.25) is 0 Å². The van der Waals surface area contributed by atoms with Crippen LogP contribution in [-0.4, -0.2) is 34.6 Å². The number of nitrogens with one attached hydrogen (secondary N) is 1. The number of hydrogen-bond donors (Lipinski definition) is 2. The van der Waals surface area contributed by atoms with Crippen molar-refractivity contribution in [3.8, 4) is 0 Å². The van der Waals surface area contributed by atoms with E-state index < -0.39 is 12.1 Å². The summed E-state index contributed by atoms with van der Waals surface area (Å²) in [5, 5.41) is 13.5. The van der Waals surface area contributed by atoms with Crippen molar-refractivity contribution >= 4 is 11.8 Å². The zero-order valence-electron chi connectivity index (χ0n) is 12.3. The van der Waals surface area contributed by atoms with Gasteiger partial charge < -0.3 is 10.4 Å². The van der Waals surface area contributed by atoms with Crippen molar-refractivity contribution in [1.29, 1.82) is 0 Å². The predicted octanol–water partition coefficient (Wildman–Crippen LogP) is 3.40. The molecule has 6 heteroatoms. The Morgan fingerprint density at radius 2 is 2.00 bits per heavy atom. The summed E-state index contributed by atoms with van der Waals surface area (Å²) < 4.78 is 40.2. The lowest BCUT2D eigenvalue weighted by Gasteiger charge is -2.39. The fourth-order valence-corrected chi connectivity index (χ4v) is 6.68. The van der Waals surface area contributed by atoms with E-state index in [0.717, 1.165) is 12.8 Å². The van der Waals surface area contributed by atoms with Crippen LogP contribution >= 0.6 is 11.8 Å². The third-order valence-electron chi connectivity index (χ3n) is 5.64. The molecule has 2 N–H and O–H groups in total. The Balaban J connectivity index is 1.80. The highest BCUT2D eigenvalue weighted by molar-refractivity contribution is 8.00. The van der Waals surface area contributed by atoms with Crippen molar-refractivity contribution in [2.45, 2.75) is 61.9 Å². The summed E-state index contributed by atoms with van der Waals surface area (Å²) in [6.07, 6.45) is -0.891. The first-order chi connectivity index (χ1) is 9.91. The minimum Gasteiger partial charge on any atom is -0.393 e. The number of fused-ring (bicyclic) bond motifs is 3. The summed E-state index contributed by atoms with van der Waals surface area (Å²) in [4.78, 5) is 0. The minimum absolute atomic E-state index is 0.0399. The molecule has 0 aromatic carbocycles. The van der Waals surface area contributed by atoms with Crippen molar-refractivity contribution in [3.05, 3.63) is 0 Å². The average Bonchev–Trinajstić information content (AvgIpc) is 2.96. The van der Waals surface area contributed by atoms with E-state index in [9.17, 15) is 18.3 Å². The van der Waals surface area contributed by atoms with Gasteiger partial charge >= 0.3 is 6.18 Å². The second kappa shape index (κ2) is 5.93. The summed E-state index contributed by atoms with van der Waals surface area (Å²) in [7, 11) is 0. The van der Waals surface area contributed by atoms with Gasteiger partial charge in [0.25, 0.3) is 0 Å². The lowest BCUT2D eigenvalue weighted by molar-refractivity contribution is -0.201. The summed E-state index contributed by atoms with van der Waals surface area (Å²) in [5.41, 5.74) is 0. The number of aliphatic hydroxyl groups excluding tert-OH is 1. The van der Waals surface area contributed by atoms with Crippen LogP contribution in [0.15, 0.2) is 0 Å². The average molecular weight is 323 g/mol. The van der Waals surface area contributed by atoms with Crippen molar-refractivity contribution in [2.24, 2.45) is 23.7 Å². The van der Waals surface area contributed by atoms with Crippen LogP contribution in [0, 0.1) is 23.7 Å². The maximum Gasteiger partial charge on any atom is 0.392 e. The van der Waals surface area contributed by atoms with Gasteiger partial charge in [0.1, 0.15) is 0 Å². The van der Waals surface area contributed by atoms with Gasteiger partial charge in [0.15, 0.2) is 0 Å². The van der Waals surface area contributed by atoms with E-state index in [4.69, 9.17) is 0 Å². The fourth-order valence-electron chi connectivity index (χ4n) is 4.68. The van der Waals surface area contributed by atoms with Gasteiger partial charge in [-0.2, -0.15) is 13.2 Å². The normalized spacial score (nSPS) is 44.4. The molecule has 2 aliphatic heterocycles. The van der Waals surface area contributed by atoms with Gasteiger partial charge in [-0.05, 0) is 56.4 Å². The number of aliphatic hydroxyl groups is 1. The van der Waals surface area contributed by atoms with E-state index in [2.05, 4.69) is 5.32 Å². The first kappa shape index (κ1) is 15.9. The van der Waals surface area contributed by atoms with Crippen LogP contribution < -0.4 is 5.32 Å². The van der Waals surface area contributed by atoms with Crippen LogP contribution in [0.1, 0.15) is 39.0 Å². The molecule has 0 aromatic rings. The molecule has 3 rings (SSSR count). The molecule has 122 valence electrons. The maximum atomic E-state index is 13.4. The van der Waals surface area contributed by atoms with Gasteiger partial charge in [-0.1, -0.05) is 6.92 Å². The molecular weight excluding hydrogens is 299 g/mol. The van der Waals surface area contributed by atoms with Crippen molar-refractivity contribution < 1.29 is 18.3 Å². The molecule has 0 radical (unpaired) electrons. The van der Waals surface area contributed by atoms with Gasteiger partial charge in [-0.25, -0.2) is 0 Å². The van der Waals surface area contributed by atoms with Crippen LogP contribution in [0.4, 0.5) is 13.2 Å². The minimum atomic E-state index is -4.09. The molecule has 6 unspecified atom stereocenters. The molecule has 2 nitrogen and oxygen atoms in total. The van der Waals surface area contributed by atoms with E-state index in [-0.39, 0.29) is 35.7 Å². The van der Waals surface area contributed by atoms with E-state index in [1.165, 1.54) is 0 Å². The van der Waals surface area contributed by atoms with Crippen molar-refractivity contribution in [2.75, 3.05) is 6.54 Å². The van der Waals surface area contributed by atoms with E-state index >= 15 is 0 Å². The molecule has 1 saturated carbocycles. The van der Waals surface area contributed by atoms with Crippen molar-refractivity contribution in [1.82, 2.24) is 5.32 Å². The number of rotatable bonds is 3. The quantitative estimate of drug-likeness (QED) is 0.835. The van der Waals surface area contributed by atoms with Crippen LogP contribution in [-0.2, 0) is 0 Å². The largest absolute Gasteiger partial charge is 0.393 e. The highest BCUT2D eigenvalue weighted by atomic mass is 32.2. The maximum absolute atomic E-state index is 13.4. The second-order valence-corrected chi connectivity index (χ2v) is 8.16. The smallest absolute Gasteiger partial charge is 0.392 e. The number of alkyl halides is 3. The second-order valence-electron chi connectivity index (χ2n) is 6.78. The Hall–Kier alpha value is 0.0600. The number of thioether (sulfide) groups is 1. The highest BCUT2D eigenvalue weighted by Gasteiger charge is 2.59. The van der Waals surface area contributed by atoms with Gasteiger partial charge in [-0.3, -0.25) is 0 Å². The van der Waals surface area contributed by atoms with E-state index in [0.29, 0.717) is 24.6 Å². The molecular formula is C15H24F3NOS. The molecule has 3 fully saturated rings. The topological polar surface area (TPSA) is 32.3 Å². The first-order valence-electron chi connectivity index (χ1n) is 8.05. The molecule has 0 spiro atoms. The molecule has 3 aliphatic rings. The van der Waals surface area contributed by atoms with Crippen LogP contribution in [0.5, 0.6) is 0 Å². The number of hydrogen-bond acceptors (Lipinski definition) is 3. The first-order valence-corrected chi connectivity index (χ1v) is 8.99. The van der Waals surface area contributed by atoms with Gasteiger partial charge in [-0.15, -0.1) is 11.8 Å². The molecule has 21 heavy (non-hydrogen) atoms. The third-order valence-corrected chi connectivity index (χ3v) is 7.32. The third kappa shape index (κ3) is 2.95. The molecule has 0 amide bonds. The Morgan fingerprint density at radius 1 is 1.24 bits per heavy atom. The SMILES string of the molecule is CCC(O)C[C@H]1CCC2SC3NCCC(C(F)(F)F)C3C21. The van der Waals surface area contributed by atoms with Gasteiger partial charge in [0.2, 0.25) is 0 Å². The summed E-state index contributed by atoms with van der Waals surface area (Å²) in [6.45, 7) is 2.41. The number of halogens is 3. The lowest BCUT2D eigenvalue weighted by atomic mass is 9.72. The fraction of sp³-hybridized carbons (Fsp3) is 1.00. The Labute approximate surface area is 128 Å². The summed E-state index contributed by atoms with van der Waals surface area (Å²) in [5.74, 6) is -1.08. The predicted molar refractivity (Wildman–Crippen MR) is 78.0 cm³/mol. The molecule has 2 saturated heterocycles. The Bertz CT molecular complexity index is 378. The summed E-state index contributed by atoms with van der Waals surface area (Å²) >= 11 is 1.73. The number of piperidine rings is 1. The molecule has 2 heterocycles. The lowest BCUT2D eigenvalue weighted by Crippen LogP contribution is -2.49. The van der Waals surface area contributed by atoms with Crippen LogP contribution in [0.25, 0.3) is 0 Å². The van der Waals surface area contributed by atoms with Gasteiger partial charge in [0, 0.05) is 5.25 Å². The van der Waals surface area contributed by atoms with Crippen molar-refractivity contribution in [3.63, 3.8) is 0 Å². The Morgan fingerprint density at radius 3 is 2.67 bits per heavy atom. The zero-order valence-corrected chi connectivity index (χ0v) is 13.1. The van der Waals surface area contributed by atoms with Gasteiger partial charge in [0.05, 0.1) is 17.4 Å². The molecule has 1 aliphatic carbocycles. The van der Waals surface area contributed by atoms with Crippen LogP contribution in [0.3, 0.4) is 0 Å². The molecule has 0 aromatic heterocycles. The Kier molecular flexibility index (Phi) is 4.50. The highest BCUT2D eigenvalue weighted by Crippen LogP contribution is 2.59. The molecule has 7 atom stereocenters.